The Morgan fingerprint density at radius 1 is 1.17 bits per heavy atom. The maximum absolute atomic E-state index is 13.7. The number of hydrogen-bond donors (Lipinski definition) is 1. The van der Waals surface area contributed by atoms with E-state index in [1.807, 2.05) is 0 Å². The van der Waals surface area contributed by atoms with Crippen LogP contribution in [0.15, 0.2) is 18.2 Å². The van der Waals surface area contributed by atoms with Gasteiger partial charge in [-0.2, -0.15) is 0 Å². The van der Waals surface area contributed by atoms with Crippen molar-refractivity contribution < 1.29 is 18.6 Å². The van der Waals surface area contributed by atoms with E-state index in [0.29, 0.717) is 38.5 Å². The van der Waals surface area contributed by atoms with Crippen LogP contribution in [0.3, 0.4) is 0 Å². The smallest absolute Gasteiger partial charge is 0.169 e. The molecule has 0 aliphatic rings. The summed E-state index contributed by atoms with van der Waals surface area (Å²) in [6.07, 6.45) is 0. The van der Waals surface area contributed by atoms with E-state index in [9.17, 15) is 4.39 Å². The molecule has 0 aromatic heterocycles. The third-order valence-corrected chi connectivity index (χ3v) is 2.43. The zero-order valence-corrected chi connectivity index (χ0v) is 10.9. The molecule has 1 aromatic carbocycles. The zero-order valence-electron chi connectivity index (χ0n) is 10.9. The van der Waals surface area contributed by atoms with Gasteiger partial charge in [0.1, 0.15) is 0 Å². The highest BCUT2D eigenvalue weighted by molar-refractivity contribution is 5.30. The van der Waals surface area contributed by atoms with Crippen molar-refractivity contribution in [3.63, 3.8) is 0 Å². The van der Waals surface area contributed by atoms with Crippen LogP contribution in [0.4, 0.5) is 4.39 Å². The third-order valence-electron chi connectivity index (χ3n) is 2.43. The van der Waals surface area contributed by atoms with E-state index in [1.165, 1.54) is 7.11 Å². The number of halogens is 1. The van der Waals surface area contributed by atoms with Gasteiger partial charge in [0.25, 0.3) is 0 Å². The van der Waals surface area contributed by atoms with Gasteiger partial charge in [0, 0.05) is 25.8 Å². The molecule has 1 N–H and O–H groups in total. The fourth-order valence-corrected chi connectivity index (χ4v) is 1.46. The molecule has 4 nitrogen and oxygen atoms in total. The molecule has 18 heavy (non-hydrogen) atoms. The monoisotopic (exact) mass is 257 g/mol. The van der Waals surface area contributed by atoms with Gasteiger partial charge < -0.3 is 19.5 Å². The Kier molecular flexibility index (Phi) is 7.32. The van der Waals surface area contributed by atoms with Crippen LogP contribution in [0.25, 0.3) is 0 Å². The number of methoxy groups -OCH3 is 2. The average molecular weight is 257 g/mol. The van der Waals surface area contributed by atoms with Crippen LogP contribution in [-0.2, 0) is 16.0 Å². The SMILES string of the molecule is COCCOCCNCc1cccc(OC)c1F. The van der Waals surface area contributed by atoms with E-state index in [1.54, 1.807) is 25.3 Å². The summed E-state index contributed by atoms with van der Waals surface area (Å²) in [4.78, 5) is 0. The molecular weight excluding hydrogens is 237 g/mol. The van der Waals surface area contributed by atoms with E-state index >= 15 is 0 Å². The maximum Gasteiger partial charge on any atom is 0.169 e. The number of nitrogens with one attached hydrogen (secondary N) is 1. The second-order valence-corrected chi connectivity index (χ2v) is 3.72. The molecule has 0 heterocycles. The number of benzene rings is 1. The second kappa shape index (κ2) is 8.85. The van der Waals surface area contributed by atoms with Gasteiger partial charge >= 0.3 is 0 Å². The van der Waals surface area contributed by atoms with Crippen LogP contribution in [-0.4, -0.2) is 40.6 Å². The van der Waals surface area contributed by atoms with Crippen molar-refractivity contribution in [2.75, 3.05) is 40.6 Å². The highest BCUT2D eigenvalue weighted by Gasteiger charge is 2.07. The first-order chi connectivity index (χ1) is 8.79. The van der Waals surface area contributed by atoms with Crippen molar-refractivity contribution in [1.29, 1.82) is 0 Å². The summed E-state index contributed by atoms with van der Waals surface area (Å²) < 4.78 is 28.8. The third kappa shape index (κ3) is 5.00. The lowest BCUT2D eigenvalue weighted by Crippen LogP contribution is -2.20. The van der Waals surface area contributed by atoms with E-state index < -0.39 is 0 Å². The predicted octanol–water partition coefficient (Wildman–Crippen LogP) is 1.59. The van der Waals surface area contributed by atoms with Crippen LogP contribution >= 0.6 is 0 Å². The first-order valence-corrected chi connectivity index (χ1v) is 5.88. The standard InChI is InChI=1S/C13H20FNO3/c1-16-8-9-18-7-6-15-10-11-4-3-5-12(17-2)13(11)14/h3-5,15H,6-10H2,1-2H3. The minimum absolute atomic E-state index is 0.269. The average Bonchev–Trinajstić information content (AvgIpc) is 2.39. The summed E-state index contributed by atoms with van der Waals surface area (Å²) in [5, 5.41) is 3.11. The summed E-state index contributed by atoms with van der Waals surface area (Å²) in [6, 6.07) is 5.11. The van der Waals surface area contributed by atoms with Gasteiger partial charge in [-0.15, -0.1) is 0 Å². The maximum atomic E-state index is 13.7. The first kappa shape index (κ1) is 14.9. The highest BCUT2D eigenvalue weighted by Crippen LogP contribution is 2.19. The van der Waals surface area contributed by atoms with Gasteiger partial charge in [0.15, 0.2) is 11.6 Å². The molecule has 0 amide bonds. The van der Waals surface area contributed by atoms with E-state index in [4.69, 9.17) is 14.2 Å². The lowest BCUT2D eigenvalue weighted by molar-refractivity contribution is 0.0719. The Morgan fingerprint density at radius 2 is 2.00 bits per heavy atom. The summed E-state index contributed by atoms with van der Waals surface area (Å²) in [5.74, 6) is -0.0431. The van der Waals surface area contributed by atoms with Crippen LogP contribution in [0, 0.1) is 5.82 Å². The largest absolute Gasteiger partial charge is 0.494 e. The summed E-state index contributed by atoms with van der Waals surface area (Å²) in [6.45, 7) is 2.86. The molecule has 0 radical (unpaired) electrons. The second-order valence-electron chi connectivity index (χ2n) is 3.72. The first-order valence-electron chi connectivity index (χ1n) is 5.88. The molecule has 1 rings (SSSR count). The zero-order chi connectivity index (χ0) is 13.2. The fourth-order valence-electron chi connectivity index (χ4n) is 1.46. The Balaban J connectivity index is 2.23. The molecule has 0 aliphatic carbocycles. The molecule has 0 aliphatic heterocycles. The normalized spacial score (nSPS) is 10.6. The molecule has 5 heteroatoms. The fraction of sp³-hybridized carbons (Fsp3) is 0.538. The Labute approximate surface area is 107 Å². The Bertz CT molecular complexity index is 347. The van der Waals surface area contributed by atoms with Crippen molar-refractivity contribution >= 4 is 0 Å². The van der Waals surface area contributed by atoms with Gasteiger partial charge in [-0.1, -0.05) is 12.1 Å². The van der Waals surface area contributed by atoms with Gasteiger partial charge in [-0.05, 0) is 6.07 Å². The van der Waals surface area contributed by atoms with Crippen molar-refractivity contribution in [2.24, 2.45) is 0 Å². The summed E-state index contributed by atoms with van der Waals surface area (Å²) in [7, 11) is 3.09. The Morgan fingerprint density at radius 3 is 2.72 bits per heavy atom. The van der Waals surface area contributed by atoms with Crippen LogP contribution in [0.1, 0.15) is 5.56 Å². The topological polar surface area (TPSA) is 39.7 Å². The molecule has 0 fully saturated rings. The molecule has 0 saturated heterocycles. The predicted molar refractivity (Wildman–Crippen MR) is 67.4 cm³/mol. The quantitative estimate of drug-likeness (QED) is 0.682. The van der Waals surface area contributed by atoms with Gasteiger partial charge in [-0.25, -0.2) is 4.39 Å². The van der Waals surface area contributed by atoms with Crippen molar-refractivity contribution in [1.82, 2.24) is 5.32 Å². The molecule has 0 spiro atoms. The molecule has 0 saturated carbocycles. The van der Waals surface area contributed by atoms with Gasteiger partial charge in [0.05, 0.1) is 26.9 Å². The lowest BCUT2D eigenvalue weighted by Gasteiger charge is -2.09. The van der Waals surface area contributed by atoms with Crippen LogP contribution in [0.5, 0.6) is 5.75 Å². The number of rotatable bonds is 9. The van der Waals surface area contributed by atoms with Crippen molar-refractivity contribution in [3.8, 4) is 5.75 Å². The van der Waals surface area contributed by atoms with E-state index in [2.05, 4.69) is 5.32 Å². The number of hydrogen-bond acceptors (Lipinski definition) is 4. The van der Waals surface area contributed by atoms with Crippen LogP contribution in [0.2, 0.25) is 0 Å². The minimum atomic E-state index is -0.312. The lowest BCUT2D eigenvalue weighted by atomic mass is 10.2. The van der Waals surface area contributed by atoms with Gasteiger partial charge in [-0.3, -0.25) is 0 Å². The minimum Gasteiger partial charge on any atom is -0.494 e. The molecule has 0 atom stereocenters. The van der Waals surface area contributed by atoms with Crippen molar-refractivity contribution in [2.45, 2.75) is 6.54 Å². The number of ether oxygens (including phenoxy) is 3. The highest BCUT2D eigenvalue weighted by atomic mass is 19.1. The summed E-state index contributed by atoms with van der Waals surface area (Å²) in [5.41, 5.74) is 0.589. The van der Waals surface area contributed by atoms with Crippen LogP contribution < -0.4 is 10.1 Å². The molecule has 0 unspecified atom stereocenters. The van der Waals surface area contributed by atoms with E-state index in [-0.39, 0.29) is 11.6 Å². The Hall–Kier alpha value is -1.17. The summed E-state index contributed by atoms with van der Waals surface area (Å²) >= 11 is 0. The molecule has 1 aromatic rings. The molecular formula is C13H20FNO3. The van der Waals surface area contributed by atoms with Gasteiger partial charge in [0.2, 0.25) is 0 Å². The molecule has 0 bridgehead atoms. The van der Waals surface area contributed by atoms with Crippen molar-refractivity contribution in [3.05, 3.63) is 29.6 Å². The molecule has 102 valence electrons. The van der Waals surface area contributed by atoms with E-state index in [0.717, 1.165) is 0 Å².